The van der Waals surface area contributed by atoms with E-state index in [-0.39, 0.29) is 75.0 Å². The maximum atomic E-state index is 13.1. The van der Waals surface area contributed by atoms with Crippen LogP contribution in [0.3, 0.4) is 0 Å². The third-order valence-electron chi connectivity index (χ3n) is 11.2. The summed E-state index contributed by atoms with van der Waals surface area (Å²) >= 11 is 1.23. The molecule has 1 aliphatic carbocycles. The predicted octanol–water partition coefficient (Wildman–Crippen LogP) is 5.26. The number of rotatable bonds is 21. The molecule has 6 rings (SSSR count). The number of benzene rings is 2. The van der Waals surface area contributed by atoms with E-state index in [9.17, 15) is 43.2 Å². The molecule has 3 aliphatic rings. The van der Waals surface area contributed by atoms with Gasteiger partial charge in [0.05, 0.1) is 22.5 Å². The largest absolute Gasteiger partial charge is 0.448 e. The van der Waals surface area contributed by atoms with Crippen molar-refractivity contribution in [2.24, 2.45) is 11.8 Å². The fraction of sp³-hybridized carbons (Fsp3) is 0.435. The van der Waals surface area contributed by atoms with Gasteiger partial charge in [-0.1, -0.05) is 36.8 Å². The minimum Gasteiger partial charge on any atom is -0.448 e. The molecule has 4 N–H and O–H groups in total. The molecule has 3 aromatic rings. The van der Waals surface area contributed by atoms with Gasteiger partial charge in [0, 0.05) is 74.6 Å². The summed E-state index contributed by atoms with van der Waals surface area (Å²) in [6.07, 6.45) is 6.62. The lowest BCUT2D eigenvalue weighted by Gasteiger charge is -2.28. The summed E-state index contributed by atoms with van der Waals surface area (Å²) in [7, 11) is 0. The van der Waals surface area contributed by atoms with Gasteiger partial charge >= 0.3 is 18.2 Å². The molecule has 66 heavy (non-hydrogen) atoms. The summed E-state index contributed by atoms with van der Waals surface area (Å²) in [6, 6.07) is 16.8. The lowest BCUT2D eigenvalue weighted by atomic mass is 9.82. The van der Waals surface area contributed by atoms with Crippen LogP contribution in [0.25, 0.3) is 0 Å². The van der Waals surface area contributed by atoms with E-state index in [0.29, 0.717) is 79.9 Å². The quantitative estimate of drug-likeness (QED) is 0.0787. The van der Waals surface area contributed by atoms with Crippen molar-refractivity contribution in [3.8, 4) is 0 Å². The van der Waals surface area contributed by atoms with E-state index in [1.807, 2.05) is 0 Å². The number of unbranched alkanes of at least 4 members (excludes halogenated alkanes) is 2. The zero-order chi connectivity index (χ0) is 46.8. The molecule has 2 saturated heterocycles. The van der Waals surface area contributed by atoms with Gasteiger partial charge in [-0.3, -0.25) is 44.0 Å². The number of nitrogens with one attached hydrogen (secondary N) is 4. The number of para-hydroxylation sites is 2. The van der Waals surface area contributed by atoms with Gasteiger partial charge < -0.3 is 30.3 Å². The number of carbonyl (C=O) groups is 9. The number of nitrogens with zero attached hydrogens (tertiary/aromatic N) is 3. The fourth-order valence-electron chi connectivity index (χ4n) is 7.52. The average molecular weight is 928 g/mol. The van der Waals surface area contributed by atoms with Gasteiger partial charge in [-0.05, 0) is 80.3 Å². The molecule has 1 saturated carbocycles. The molecular weight excluding hydrogens is 875 g/mol. The lowest BCUT2D eigenvalue weighted by molar-refractivity contribution is -0.201. The topological polar surface area (TPSA) is 249 Å². The average Bonchev–Trinajstić information content (AvgIpc) is 3.79. The van der Waals surface area contributed by atoms with Gasteiger partial charge in [0.15, 0.2) is 0 Å². The number of carbonyl (C=O) groups excluding carboxylic acids is 9. The molecule has 1 aromatic heterocycles. The molecule has 350 valence electrons. The van der Waals surface area contributed by atoms with Crippen LogP contribution in [0.15, 0.2) is 73.1 Å². The molecule has 2 aliphatic heterocycles. The zero-order valence-corrected chi connectivity index (χ0v) is 37.1. The predicted molar refractivity (Wildman–Crippen MR) is 239 cm³/mol. The van der Waals surface area contributed by atoms with Gasteiger partial charge in [0.1, 0.15) is 13.2 Å². The first-order valence-electron chi connectivity index (χ1n) is 22.0. The molecule has 19 nitrogen and oxygen atoms in total. The third-order valence-corrected chi connectivity index (χ3v) is 12.4. The molecule has 3 fully saturated rings. The molecule has 1 atom stereocenters. The number of pyridine rings is 1. The highest BCUT2D eigenvalue weighted by molar-refractivity contribution is 8.00. The number of thioether (sulfide) groups is 1. The number of ether oxygens (including phenoxy) is 2. The Morgan fingerprint density at radius 3 is 2.18 bits per heavy atom. The maximum absolute atomic E-state index is 13.1. The number of hydrogen-bond donors (Lipinski definition) is 4. The minimum atomic E-state index is -0.767. The SMILES string of the molecule is O=C(CCCCCN1C(=O)CC(SCCOC(=O)Nc2ccccc2NC(=O)c2ccc(CNC(=O)OCc3cccnc3)cc2)C1=O)NCC1CCC(C(=O)ON2C(=O)CCC2=O)CC1. The van der Waals surface area contributed by atoms with E-state index in [2.05, 4.69) is 26.3 Å². The second kappa shape index (κ2) is 24.5. The van der Waals surface area contributed by atoms with Crippen LogP contribution in [-0.4, -0.2) is 99.2 Å². The maximum Gasteiger partial charge on any atom is 0.411 e. The van der Waals surface area contributed by atoms with E-state index in [1.54, 1.807) is 73.1 Å². The molecule has 0 radical (unpaired) electrons. The van der Waals surface area contributed by atoms with Crippen molar-refractivity contribution in [1.29, 1.82) is 0 Å². The number of likely N-dealkylation sites (tertiary alicyclic amines) is 1. The second-order valence-electron chi connectivity index (χ2n) is 16.0. The van der Waals surface area contributed by atoms with Crippen LogP contribution >= 0.6 is 11.8 Å². The van der Waals surface area contributed by atoms with Crippen LogP contribution in [0.4, 0.5) is 21.0 Å². The Balaban J connectivity index is 0.803. The van der Waals surface area contributed by atoms with Crippen LogP contribution in [0.2, 0.25) is 0 Å². The Kier molecular flexibility index (Phi) is 18.0. The summed E-state index contributed by atoms with van der Waals surface area (Å²) in [5.41, 5.74) is 2.49. The van der Waals surface area contributed by atoms with Gasteiger partial charge in [-0.15, -0.1) is 16.8 Å². The Morgan fingerprint density at radius 1 is 0.742 bits per heavy atom. The van der Waals surface area contributed by atoms with E-state index in [0.717, 1.165) is 11.1 Å². The van der Waals surface area contributed by atoms with Crippen LogP contribution in [-0.2, 0) is 56.2 Å². The van der Waals surface area contributed by atoms with Crippen molar-refractivity contribution < 1.29 is 57.5 Å². The Labute approximate surface area is 385 Å². The molecule has 0 bridgehead atoms. The highest BCUT2D eigenvalue weighted by atomic mass is 32.2. The molecule has 2 aromatic carbocycles. The van der Waals surface area contributed by atoms with E-state index < -0.39 is 47.0 Å². The van der Waals surface area contributed by atoms with Crippen LogP contribution in [0.5, 0.6) is 0 Å². The third kappa shape index (κ3) is 14.6. The van der Waals surface area contributed by atoms with Crippen molar-refractivity contribution in [2.45, 2.75) is 89.0 Å². The summed E-state index contributed by atoms with van der Waals surface area (Å²) in [4.78, 5) is 122. The van der Waals surface area contributed by atoms with Crippen LogP contribution in [0, 0.1) is 11.8 Å². The smallest absolute Gasteiger partial charge is 0.411 e. The van der Waals surface area contributed by atoms with Gasteiger partial charge in [-0.2, -0.15) is 0 Å². The second-order valence-corrected chi connectivity index (χ2v) is 17.3. The van der Waals surface area contributed by atoms with E-state index in [1.165, 1.54) is 16.7 Å². The normalized spacial score (nSPS) is 18.2. The van der Waals surface area contributed by atoms with Crippen molar-refractivity contribution in [2.75, 3.05) is 36.1 Å². The first kappa shape index (κ1) is 48.6. The monoisotopic (exact) mass is 927 g/mol. The van der Waals surface area contributed by atoms with Crippen molar-refractivity contribution in [1.82, 2.24) is 25.6 Å². The Morgan fingerprint density at radius 2 is 1.47 bits per heavy atom. The number of alkyl carbamates (subject to hydrolysis) is 1. The first-order chi connectivity index (χ1) is 31.9. The van der Waals surface area contributed by atoms with Gasteiger partial charge in [-0.25, -0.2) is 14.4 Å². The Hall–Kier alpha value is -6.83. The molecule has 1 unspecified atom stereocenters. The highest BCUT2D eigenvalue weighted by Gasteiger charge is 2.39. The van der Waals surface area contributed by atoms with E-state index in [4.69, 9.17) is 14.3 Å². The summed E-state index contributed by atoms with van der Waals surface area (Å²) in [5.74, 6) is -2.57. The molecule has 0 spiro atoms. The van der Waals surface area contributed by atoms with Crippen molar-refractivity contribution >= 4 is 76.7 Å². The number of amides is 8. The standard InChI is InChI=1S/C46H53N7O12S/c54-38(48-27-30-13-17-34(18-14-30)44(60)65-53-39(55)19-20-40(53)56)10-2-1-5-22-52-41(57)25-37(43(52)59)66-24-23-63-46(62)51-36-9-4-3-8-35(36)50-42(58)33-15-11-31(12-16-33)28-49-45(61)64-29-32-7-6-21-47-26-32/h3-4,6-9,11-12,15-16,21,26,30,34,37H,1-2,5,10,13-14,17-20,22-25,27-29H2,(H,48,54)(H,49,61)(H,50,58)(H,51,62). The van der Waals surface area contributed by atoms with E-state index >= 15 is 0 Å². The van der Waals surface area contributed by atoms with Crippen molar-refractivity contribution in [3.05, 3.63) is 89.7 Å². The van der Waals surface area contributed by atoms with Crippen molar-refractivity contribution in [3.63, 3.8) is 0 Å². The Bertz CT molecular complexity index is 2220. The van der Waals surface area contributed by atoms with Crippen LogP contribution in [0.1, 0.15) is 92.1 Å². The highest BCUT2D eigenvalue weighted by Crippen LogP contribution is 2.30. The number of imide groups is 2. The van der Waals surface area contributed by atoms with Crippen LogP contribution < -0.4 is 21.3 Å². The summed E-state index contributed by atoms with van der Waals surface area (Å²) in [5, 5.41) is 11.0. The lowest BCUT2D eigenvalue weighted by Crippen LogP contribution is -2.37. The number of aromatic nitrogens is 1. The zero-order valence-electron chi connectivity index (χ0n) is 36.3. The number of hydroxylamine groups is 2. The molecule has 20 heteroatoms. The molecule has 8 amide bonds. The molecule has 3 heterocycles. The number of hydrogen-bond acceptors (Lipinski definition) is 14. The first-order valence-corrected chi connectivity index (χ1v) is 23.0. The van der Waals surface area contributed by atoms with Gasteiger partial charge in [0.2, 0.25) is 17.7 Å². The number of anilines is 2. The molecular formula is C46H53N7O12S. The van der Waals surface area contributed by atoms with Gasteiger partial charge in [0.25, 0.3) is 17.7 Å². The summed E-state index contributed by atoms with van der Waals surface area (Å²) in [6.45, 7) is 0.984. The minimum absolute atomic E-state index is 0.0321. The summed E-state index contributed by atoms with van der Waals surface area (Å²) < 4.78 is 10.5. The fourth-order valence-corrected chi connectivity index (χ4v) is 8.51.